The van der Waals surface area contributed by atoms with Gasteiger partial charge in [0.05, 0.1) is 21.8 Å². The molecule has 0 spiro atoms. The molecule has 0 saturated heterocycles. The van der Waals surface area contributed by atoms with Gasteiger partial charge in [-0.3, -0.25) is 0 Å². The van der Waals surface area contributed by atoms with Gasteiger partial charge in [-0.1, -0.05) is 24.3 Å². The maximum absolute atomic E-state index is 6.41. The van der Waals surface area contributed by atoms with E-state index in [1.54, 1.807) is 0 Å². The standard InChI is InChI=1S/C25H17NO2/c1-26-18-12-10-16-14-6-2-4-8-20(14)27-24(16)22(18)23-19(26)13-11-17-15-7-3-5-9-21(15)28-25(17)23/h2,4-6,8-13H,3,7H2,1H3. The summed E-state index contributed by atoms with van der Waals surface area (Å²) in [6.07, 6.45) is 6.42. The van der Waals surface area contributed by atoms with Crippen molar-refractivity contribution in [3.63, 3.8) is 0 Å². The first kappa shape index (κ1) is 14.6. The van der Waals surface area contributed by atoms with Crippen LogP contribution < -0.4 is 0 Å². The smallest absolute Gasteiger partial charge is 0.145 e. The summed E-state index contributed by atoms with van der Waals surface area (Å²) in [5, 5.41) is 5.84. The highest BCUT2D eigenvalue weighted by Crippen LogP contribution is 2.43. The summed E-state index contributed by atoms with van der Waals surface area (Å²) in [5.74, 6) is 1.00. The average Bonchev–Trinajstić information content (AvgIpc) is 3.38. The lowest BCUT2D eigenvalue weighted by molar-refractivity contribution is 0.598. The molecule has 0 N–H and O–H groups in total. The Morgan fingerprint density at radius 1 is 0.786 bits per heavy atom. The molecule has 1 aliphatic rings. The maximum Gasteiger partial charge on any atom is 0.145 e. The van der Waals surface area contributed by atoms with Gasteiger partial charge in [-0.25, -0.2) is 0 Å². The highest BCUT2D eigenvalue weighted by Gasteiger charge is 2.22. The van der Waals surface area contributed by atoms with Crippen molar-refractivity contribution in [1.29, 1.82) is 0 Å². The third kappa shape index (κ3) is 1.61. The van der Waals surface area contributed by atoms with Crippen molar-refractivity contribution in [2.45, 2.75) is 12.8 Å². The number of hydrogen-bond acceptors (Lipinski definition) is 2. The van der Waals surface area contributed by atoms with Crippen molar-refractivity contribution < 1.29 is 8.83 Å². The molecule has 1 aliphatic carbocycles. The molecule has 0 bridgehead atoms. The van der Waals surface area contributed by atoms with Crippen LogP contribution >= 0.6 is 0 Å². The van der Waals surface area contributed by atoms with E-state index in [2.05, 4.69) is 60.2 Å². The average molecular weight is 363 g/mol. The zero-order valence-electron chi connectivity index (χ0n) is 15.5. The summed E-state index contributed by atoms with van der Waals surface area (Å²) in [4.78, 5) is 0. The van der Waals surface area contributed by atoms with E-state index in [-0.39, 0.29) is 0 Å². The van der Waals surface area contributed by atoms with E-state index < -0.39 is 0 Å². The minimum absolute atomic E-state index is 0.927. The number of para-hydroxylation sites is 1. The van der Waals surface area contributed by atoms with E-state index in [4.69, 9.17) is 8.83 Å². The van der Waals surface area contributed by atoms with Crippen molar-refractivity contribution in [2.24, 2.45) is 7.05 Å². The van der Waals surface area contributed by atoms with Gasteiger partial charge in [-0.05, 0) is 49.2 Å². The number of hydrogen-bond donors (Lipinski definition) is 0. The molecule has 3 aromatic heterocycles. The van der Waals surface area contributed by atoms with Crippen molar-refractivity contribution in [3.05, 3.63) is 65.9 Å². The monoisotopic (exact) mass is 363 g/mol. The molecule has 3 aromatic carbocycles. The molecule has 134 valence electrons. The number of aryl methyl sites for hydroxylation is 2. The minimum Gasteiger partial charge on any atom is -0.456 e. The number of furan rings is 2. The number of allylic oxidation sites excluding steroid dienone is 1. The molecule has 0 radical (unpaired) electrons. The molecule has 3 heteroatoms. The molecule has 3 heterocycles. The zero-order chi connectivity index (χ0) is 18.4. The van der Waals surface area contributed by atoms with Crippen LogP contribution in [0.2, 0.25) is 0 Å². The van der Waals surface area contributed by atoms with Gasteiger partial charge in [-0.15, -0.1) is 0 Å². The number of aromatic nitrogens is 1. The fourth-order valence-electron chi connectivity index (χ4n) is 4.98. The van der Waals surface area contributed by atoms with Crippen LogP contribution in [0.5, 0.6) is 0 Å². The molecule has 0 aliphatic heterocycles. The lowest BCUT2D eigenvalue weighted by Gasteiger charge is -2.02. The lowest BCUT2D eigenvalue weighted by Crippen LogP contribution is -1.89. The Balaban J connectivity index is 1.78. The van der Waals surface area contributed by atoms with Gasteiger partial charge in [0.25, 0.3) is 0 Å². The Morgan fingerprint density at radius 2 is 1.54 bits per heavy atom. The molecule has 0 amide bonds. The highest BCUT2D eigenvalue weighted by atomic mass is 16.3. The minimum atomic E-state index is 0.927. The van der Waals surface area contributed by atoms with Crippen LogP contribution in [0.4, 0.5) is 0 Å². The second kappa shape index (κ2) is 4.87. The van der Waals surface area contributed by atoms with Gasteiger partial charge in [0.2, 0.25) is 0 Å². The Labute approximate surface area is 160 Å². The normalized spacial score (nSPS) is 14.2. The first-order valence-electron chi connectivity index (χ1n) is 9.74. The summed E-state index contributed by atoms with van der Waals surface area (Å²) in [5.41, 5.74) is 6.52. The Morgan fingerprint density at radius 3 is 2.39 bits per heavy atom. The molecule has 0 unspecified atom stereocenters. The number of fused-ring (bicyclic) bond motifs is 11. The van der Waals surface area contributed by atoms with Crippen LogP contribution in [0.3, 0.4) is 0 Å². The van der Waals surface area contributed by atoms with E-state index in [1.165, 1.54) is 22.0 Å². The molecule has 3 nitrogen and oxygen atoms in total. The molecule has 7 rings (SSSR count). The number of benzene rings is 3. The zero-order valence-corrected chi connectivity index (χ0v) is 15.5. The Hall–Kier alpha value is -3.46. The third-order valence-electron chi connectivity index (χ3n) is 6.30. The Kier molecular flexibility index (Phi) is 2.54. The second-order valence-electron chi connectivity index (χ2n) is 7.72. The van der Waals surface area contributed by atoms with Gasteiger partial charge in [-0.2, -0.15) is 0 Å². The van der Waals surface area contributed by atoms with Gasteiger partial charge in [0.15, 0.2) is 0 Å². The van der Waals surface area contributed by atoms with Crippen LogP contribution in [0.1, 0.15) is 17.7 Å². The molecular weight excluding hydrogens is 346 g/mol. The number of rotatable bonds is 0. The molecular formula is C25H17NO2. The fourth-order valence-corrected chi connectivity index (χ4v) is 4.98. The van der Waals surface area contributed by atoms with Crippen molar-refractivity contribution >= 4 is 60.8 Å². The van der Waals surface area contributed by atoms with E-state index >= 15 is 0 Å². The fraction of sp³-hybridized carbons (Fsp3) is 0.120. The molecule has 0 fully saturated rings. The quantitative estimate of drug-likeness (QED) is 0.293. The first-order valence-corrected chi connectivity index (χ1v) is 9.74. The van der Waals surface area contributed by atoms with Gasteiger partial charge in [0, 0.05) is 28.8 Å². The number of nitrogens with zero attached hydrogens (tertiary/aromatic N) is 1. The van der Waals surface area contributed by atoms with E-state index in [0.717, 1.165) is 56.9 Å². The SMILES string of the molecule is Cn1c2ccc3c4c(oc3c2c2c3oc5ccccc5c3ccc21)C=CCC4. The first-order chi connectivity index (χ1) is 13.8. The molecule has 6 aromatic rings. The summed E-state index contributed by atoms with van der Waals surface area (Å²) in [7, 11) is 2.12. The van der Waals surface area contributed by atoms with Crippen molar-refractivity contribution in [1.82, 2.24) is 4.57 Å². The summed E-state index contributed by atoms with van der Waals surface area (Å²) in [6, 6.07) is 17.1. The van der Waals surface area contributed by atoms with Crippen LogP contribution in [-0.2, 0) is 13.5 Å². The topological polar surface area (TPSA) is 31.2 Å². The van der Waals surface area contributed by atoms with Gasteiger partial charge in [0.1, 0.15) is 22.5 Å². The van der Waals surface area contributed by atoms with Crippen LogP contribution in [-0.4, -0.2) is 4.57 Å². The summed E-state index contributed by atoms with van der Waals surface area (Å²) in [6.45, 7) is 0. The summed E-state index contributed by atoms with van der Waals surface area (Å²) < 4.78 is 15.0. The van der Waals surface area contributed by atoms with Crippen molar-refractivity contribution in [2.75, 3.05) is 0 Å². The van der Waals surface area contributed by atoms with Crippen LogP contribution in [0, 0.1) is 0 Å². The maximum atomic E-state index is 6.41. The van der Waals surface area contributed by atoms with E-state index in [1.807, 2.05) is 12.1 Å². The van der Waals surface area contributed by atoms with Crippen LogP contribution in [0.15, 0.2) is 63.4 Å². The van der Waals surface area contributed by atoms with Gasteiger partial charge >= 0.3 is 0 Å². The van der Waals surface area contributed by atoms with Crippen LogP contribution in [0.25, 0.3) is 60.8 Å². The van der Waals surface area contributed by atoms with E-state index in [9.17, 15) is 0 Å². The second-order valence-corrected chi connectivity index (χ2v) is 7.72. The molecule has 28 heavy (non-hydrogen) atoms. The predicted octanol–water partition coefficient (Wildman–Crippen LogP) is 6.94. The third-order valence-corrected chi connectivity index (χ3v) is 6.30. The Bertz CT molecular complexity index is 1620. The molecule has 0 atom stereocenters. The molecule has 0 saturated carbocycles. The predicted molar refractivity (Wildman–Crippen MR) is 115 cm³/mol. The van der Waals surface area contributed by atoms with Crippen molar-refractivity contribution in [3.8, 4) is 0 Å². The highest BCUT2D eigenvalue weighted by molar-refractivity contribution is 6.28. The van der Waals surface area contributed by atoms with Gasteiger partial charge < -0.3 is 13.4 Å². The lowest BCUT2D eigenvalue weighted by atomic mass is 9.99. The van der Waals surface area contributed by atoms with E-state index in [0.29, 0.717) is 0 Å². The summed E-state index contributed by atoms with van der Waals surface area (Å²) >= 11 is 0. The largest absolute Gasteiger partial charge is 0.456 e.